The van der Waals surface area contributed by atoms with Gasteiger partial charge in [0.25, 0.3) is 0 Å². The van der Waals surface area contributed by atoms with Gasteiger partial charge in [-0.25, -0.2) is 0 Å². The standard InChI is InChI=1S/C8H12OS/c1-2-4-7(9)8-5-3-6-10-8/h2,8H,1,3-6H2. The Hall–Kier alpha value is -0.240. The second-order valence-electron chi connectivity index (χ2n) is 2.46. The molecule has 1 fully saturated rings. The number of allylic oxidation sites excluding steroid dienone is 1. The molecule has 0 aliphatic carbocycles. The summed E-state index contributed by atoms with van der Waals surface area (Å²) < 4.78 is 0. The lowest BCUT2D eigenvalue weighted by Crippen LogP contribution is -2.11. The highest BCUT2D eigenvalue weighted by Crippen LogP contribution is 2.27. The van der Waals surface area contributed by atoms with Crippen LogP contribution >= 0.6 is 11.8 Å². The molecule has 0 amide bonds. The Labute approximate surface area is 65.9 Å². The van der Waals surface area contributed by atoms with E-state index in [-0.39, 0.29) is 5.25 Å². The Morgan fingerprint density at radius 3 is 3.10 bits per heavy atom. The maximum Gasteiger partial charge on any atom is 0.149 e. The number of hydrogen-bond donors (Lipinski definition) is 0. The highest BCUT2D eigenvalue weighted by Gasteiger charge is 2.21. The van der Waals surface area contributed by atoms with Gasteiger partial charge in [-0.05, 0) is 18.6 Å². The number of hydrogen-bond acceptors (Lipinski definition) is 2. The van der Waals surface area contributed by atoms with E-state index >= 15 is 0 Å². The van der Waals surface area contributed by atoms with Crippen molar-refractivity contribution in [3.63, 3.8) is 0 Å². The minimum Gasteiger partial charge on any atom is -0.298 e. The maximum absolute atomic E-state index is 11.2. The largest absolute Gasteiger partial charge is 0.298 e. The fraction of sp³-hybridized carbons (Fsp3) is 0.625. The van der Waals surface area contributed by atoms with Crippen molar-refractivity contribution in [1.29, 1.82) is 0 Å². The molecule has 1 aliphatic heterocycles. The molecular formula is C8H12OS. The minimum atomic E-state index is 0.290. The molecule has 56 valence electrons. The molecule has 0 aromatic heterocycles. The Kier molecular flexibility index (Phi) is 3.00. The molecule has 10 heavy (non-hydrogen) atoms. The molecule has 1 unspecified atom stereocenters. The number of carbonyl (C=O) groups excluding carboxylic acids is 1. The lowest BCUT2D eigenvalue weighted by Gasteiger charge is -2.02. The van der Waals surface area contributed by atoms with E-state index in [4.69, 9.17) is 0 Å². The summed E-state index contributed by atoms with van der Waals surface area (Å²) in [6, 6.07) is 0. The van der Waals surface area contributed by atoms with Gasteiger partial charge in [0.05, 0.1) is 5.25 Å². The van der Waals surface area contributed by atoms with Crippen molar-refractivity contribution >= 4 is 17.5 Å². The molecule has 0 radical (unpaired) electrons. The normalized spacial score (nSPS) is 24.6. The zero-order valence-electron chi connectivity index (χ0n) is 6.01. The average Bonchev–Trinajstić information content (AvgIpc) is 2.38. The molecule has 1 rings (SSSR count). The molecule has 0 bridgehead atoms. The fourth-order valence-electron chi connectivity index (χ4n) is 1.11. The minimum absolute atomic E-state index is 0.290. The molecule has 1 nitrogen and oxygen atoms in total. The van der Waals surface area contributed by atoms with Crippen molar-refractivity contribution in [3.05, 3.63) is 12.7 Å². The summed E-state index contributed by atoms with van der Waals surface area (Å²) in [6.45, 7) is 3.54. The Morgan fingerprint density at radius 2 is 2.60 bits per heavy atom. The van der Waals surface area contributed by atoms with Crippen LogP contribution in [0.5, 0.6) is 0 Å². The summed E-state index contributed by atoms with van der Waals surface area (Å²) in [5.74, 6) is 1.52. The van der Waals surface area contributed by atoms with Crippen LogP contribution in [0.3, 0.4) is 0 Å². The molecule has 0 aromatic rings. The summed E-state index contributed by atoms with van der Waals surface area (Å²) in [5, 5.41) is 0.290. The molecule has 1 aliphatic rings. The van der Waals surface area contributed by atoms with Crippen molar-refractivity contribution in [2.75, 3.05) is 5.75 Å². The van der Waals surface area contributed by atoms with Crippen molar-refractivity contribution in [1.82, 2.24) is 0 Å². The highest BCUT2D eigenvalue weighted by molar-refractivity contribution is 8.00. The molecule has 0 spiro atoms. The topological polar surface area (TPSA) is 17.1 Å². The monoisotopic (exact) mass is 156 g/mol. The van der Waals surface area contributed by atoms with E-state index in [9.17, 15) is 4.79 Å². The van der Waals surface area contributed by atoms with Gasteiger partial charge in [-0.3, -0.25) is 4.79 Å². The van der Waals surface area contributed by atoms with Gasteiger partial charge in [-0.1, -0.05) is 6.08 Å². The highest BCUT2D eigenvalue weighted by atomic mass is 32.2. The van der Waals surface area contributed by atoms with Gasteiger partial charge >= 0.3 is 0 Å². The molecule has 0 N–H and O–H groups in total. The molecule has 1 heterocycles. The van der Waals surface area contributed by atoms with Crippen LogP contribution in [-0.2, 0) is 4.79 Å². The van der Waals surface area contributed by atoms with E-state index in [0.717, 1.165) is 12.2 Å². The molecule has 1 saturated heterocycles. The fourth-order valence-corrected chi connectivity index (χ4v) is 2.34. The Bertz CT molecular complexity index is 136. The Balaban J connectivity index is 2.32. The summed E-state index contributed by atoms with van der Waals surface area (Å²) >= 11 is 1.79. The van der Waals surface area contributed by atoms with Crippen molar-refractivity contribution in [2.45, 2.75) is 24.5 Å². The summed E-state index contributed by atoms with van der Waals surface area (Å²) in [6.07, 6.45) is 4.54. The average molecular weight is 156 g/mol. The van der Waals surface area contributed by atoms with Crippen LogP contribution in [0.4, 0.5) is 0 Å². The summed E-state index contributed by atoms with van der Waals surface area (Å²) in [4.78, 5) is 11.2. The third-order valence-corrected chi connectivity index (χ3v) is 3.06. The summed E-state index contributed by atoms with van der Waals surface area (Å²) in [7, 11) is 0. The second kappa shape index (κ2) is 3.81. The third-order valence-electron chi connectivity index (χ3n) is 1.63. The first-order valence-corrected chi connectivity index (χ1v) is 4.64. The first-order chi connectivity index (χ1) is 4.84. The number of rotatable bonds is 3. The Morgan fingerprint density at radius 1 is 1.80 bits per heavy atom. The van der Waals surface area contributed by atoms with Crippen LogP contribution < -0.4 is 0 Å². The van der Waals surface area contributed by atoms with Crippen molar-refractivity contribution in [2.24, 2.45) is 0 Å². The molecule has 1 atom stereocenters. The van der Waals surface area contributed by atoms with Gasteiger partial charge in [0, 0.05) is 6.42 Å². The second-order valence-corrected chi connectivity index (χ2v) is 3.77. The predicted octanol–water partition coefficient (Wildman–Crippen LogP) is 2.03. The van der Waals surface area contributed by atoms with Crippen molar-refractivity contribution in [3.8, 4) is 0 Å². The predicted molar refractivity (Wildman–Crippen MR) is 45.3 cm³/mol. The molecule has 0 aromatic carbocycles. The quantitative estimate of drug-likeness (QED) is 0.581. The number of thioether (sulfide) groups is 1. The van der Waals surface area contributed by atoms with E-state index in [0.29, 0.717) is 12.2 Å². The third kappa shape index (κ3) is 1.87. The SMILES string of the molecule is C=CCC(=O)C1CCCS1. The van der Waals surface area contributed by atoms with Gasteiger partial charge in [-0.2, -0.15) is 11.8 Å². The number of Topliss-reactive ketones (excluding diaryl/α,β-unsaturated/α-hetero) is 1. The van der Waals surface area contributed by atoms with Crippen LogP contribution in [0.1, 0.15) is 19.3 Å². The lowest BCUT2D eigenvalue weighted by atomic mass is 10.1. The smallest absolute Gasteiger partial charge is 0.149 e. The molecular weight excluding hydrogens is 144 g/mol. The maximum atomic E-state index is 11.2. The van der Waals surface area contributed by atoms with Crippen LogP contribution in [-0.4, -0.2) is 16.8 Å². The number of carbonyl (C=O) groups is 1. The molecule has 2 heteroatoms. The van der Waals surface area contributed by atoms with E-state index in [1.54, 1.807) is 17.8 Å². The van der Waals surface area contributed by atoms with Gasteiger partial charge in [0.1, 0.15) is 5.78 Å². The number of ketones is 1. The van der Waals surface area contributed by atoms with Crippen LogP contribution in [0, 0.1) is 0 Å². The van der Waals surface area contributed by atoms with Gasteiger partial charge in [0.15, 0.2) is 0 Å². The van der Waals surface area contributed by atoms with E-state index < -0.39 is 0 Å². The summed E-state index contributed by atoms with van der Waals surface area (Å²) in [5.41, 5.74) is 0. The first kappa shape index (κ1) is 7.86. The molecule has 0 saturated carbocycles. The lowest BCUT2D eigenvalue weighted by molar-refractivity contribution is -0.117. The van der Waals surface area contributed by atoms with E-state index in [1.165, 1.54) is 6.42 Å². The van der Waals surface area contributed by atoms with Gasteiger partial charge in [-0.15, -0.1) is 6.58 Å². The zero-order valence-corrected chi connectivity index (χ0v) is 6.82. The van der Waals surface area contributed by atoms with Gasteiger partial charge in [0.2, 0.25) is 0 Å². The van der Waals surface area contributed by atoms with Gasteiger partial charge < -0.3 is 0 Å². The van der Waals surface area contributed by atoms with E-state index in [1.807, 2.05) is 0 Å². The van der Waals surface area contributed by atoms with Crippen LogP contribution in [0.25, 0.3) is 0 Å². The van der Waals surface area contributed by atoms with E-state index in [2.05, 4.69) is 6.58 Å². The zero-order chi connectivity index (χ0) is 7.40. The van der Waals surface area contributed by atoms with Crippen molar-refractivity contribution < 1.29 is 4.79 Å². The first-order valence-electron chi connectivity index (χ1n) is 3.60. The van der Waals surface area contributed by atoms with Crippen LogP contribution in [0.15, 0.2) is 12.7 Å². The van der Waals surface area contributed by atoms with Crippen LogP contribution in [0.2, 0.25) is 0 Å².